The first kappa shape index (κ1) is 13.7. The minimum Gasteiger partial charge on any atom is -0.477 e. The van der Waals surface area contributed by atoms with Crippen molar-refractivity contribution in [2.75, 3.05) is 0 Å². The molecule has 0 amide bonds. The minimum absolute atomic E-state index is 0.0786. The van der Waals surface area contributed by atoms with Crippen LogP contribution in [-0.4, -0.2) is 25.4 Å². The predicted molar refractivity (Wildman–Crippen MR) is 60.2 cm³/mol. The fourth-order valence-electron chi connectivity index (χ4n) is 1.06. The summed E-state index contributed by atoms with van der Waals surface area (Å²) < 4.78 is 40.2. The van der Waals surface area contributed by atoms with E-state index in [1.54, 1.807) is 0 Å². The number of aromatic nitrogens is 3. The molecule has 2 rings (SSSR count). The van der Waals surface area contributed by atoms with Crippen LogP contribution in [0, 0.1) is 0 Å². The molecule has 2 aromatic heterocycles. The zero-order valence-electron chi connectivity index (χ0n) is 8.88. The molecule has 0 aliphatic heterocycles. The number of carboxylic acid groups (broad SMARTS) is 1. The van der Waals surface area contributed by atoms with Crippen molar-refractivity contribution in [2.45, 2.75) is 15.4 Å². The van der Waals surface area contributed by atoms with Crippen molar-refractivity contribution in [1.29, 1.82) is 0 Å². The zero-order valence-corrected chi connectivity index (χ0v) is 10.5. The van der Waals surface area contributed by atoms with Crippen LogP contribution in [0.2, 0.25) is 0 Å². The summed E-state index contributed by atoms with van der Waals surface area (Å²) in [6.45, 7) is 0. The van der Waals surface area contributed by atoms with Gasteiger partial charge in [-0.1, -0.05) is 11.8 Å². The molecule has 2 aromatic rings. The van der Waals surface area contributed by atoms with Crippen LogP contribution in [0.3, 0.4) is 0 Å². The molecule has 0 fully saturated rings. The van der Waals surface area contributed by atoms with E-state index in [1.165, 1.54) is 18.3 Å². The van der Waals surface area contributed by atoms with Gasteiger partial charge < -0.3 is 5.11 Å². The van der Waals surface area contributed by atoms with Gasteiger partial charge in [0.15, 0.2) is 4.34 Å². The summed E-state index contributed by atoms with van der Waals surface area (Å²) >= 11 is 1.50. The van der Waals surface area contributed by atoms with E-state index >= 15 is 0 Å². The predicted octanol–water partition coefficient (Wildman–Crippen LogP) is 2.80. The van der Waals surface area contributed by atoms with Gasteiger partial charge in [0, 0.05) is 11.1 Å². The van der Waals surface area contributed by atoms with E-state index in [0.29, 0.717) is 16.4 Å². The van der Waals surface area contributed by atoms with E-state index in [0.717, 1.165) is 11.8 Å². The number of hydrogen-bond donors (Lipinski definition) is 1. The Morgan fingerprint density at radius 2 is 2.16 bits per heavy atom. The second-order valence-corrected chi connectivity index (χ2v) is 5.24. The molecule has 19 heavy (non-hydrogen) atoms. The van der Waals surface area contributed by atoms with Crippen molar-refractivity contribution in [3.05, 3.63) is 29.8 Å². The Hall–Kier alpha value is -1.68. The molecule has 100 valence electrons. The lowest BCUT2D eigenvalue weighted by atomic mass is 10.4. The lowest BCUT2D eigenvalue weighted by Crippen LogP contribution is -2.06. The van der Waals surface area contributed by atoms with Crippen molar-refractivity contribution in [1.82, 2.24) is 14.3 Å². The maximum atomic E-state index is 12.3. The van der Waals surface area contributed by atoms with Crippen LogP contribution < -0.4 is 0 Å². The Balaban J connectivity index is 2.19. The summed E-state index contributed by atoms with van der Waals surface area (Å²) in [5.41, 5.74) is -0.189. The maximum absolute atomic E-state index is 12.3. The Morgan fingerprint density at radius 1 is 1.42 bits per heavy atom. The largest absolute Gasteiger partial charge is 0.477 e. The molecule has 10 heteroatoms. The van der Waals surface area contributed by atoms with Crippen LogP contribution in [-0.2, 0) is 6.18 Å². The molecule has 2 heterocycles. The summed E-state index contributed by atoms with van der Waals surface area (Å²) in [6.07, 6.45) is -3.32. The molecule has 0 aliphatic carbocycles. The Labute approximate surface area is 112 Å². The lowest BCUT2D eigenvalue weighted by Gasteiger charge is -1.99. The standard InChI is InChI=1S/C9H4F3N3O2S2/c10-9(11,12)7-14-8(19-15-7)18-4-1-2-13-5(3-4)6(16)17/h1-3H,(H,16,17). The Bertz CT molecular complexity index is 615. The number of carbonyl (C=O) groups is 1. The van der Waals surface area contributed by atoms with Gasteiger partial charge in [0.05, 0.1) is 0 Å². The average Bonchev–Trinajstić information content (AvgIpc) is 2.77. The topological polar surface area (TPSA) is 76.0 Å². The number of carboxylic acids is 1. The molecule has 0 unspecified atom stereocenters. The van der Waals surface area contributed by atoms with E-state index in [4.69, 9.17) is 5.11 Å². The van der Waals surface area contributed by atoms with Crippen molar-refractivity contribution in [2.24, 2.45) is 0 Å². The highest BCUT2D eigenvalue weighted by molar-refractivity contribution is 8.01. The van der Waals surface area contributed by atoms with Crippen LogP contribution >= 0.6 is 23.3 Å². The number of hydrogen-bond acceptors (Lipinski definition) is 6. The number of rotatable bonds is 3. The molecule has 0 spiro atoms. The molecule has 0 aliphatic rings. The van der Waals surface area contributed by atoms with Crippen molar-refractivity contribution in [3.63, 3.8) is 0 Å². The summed E-state index contributed by atoms with van der Waals surface area (Å²) in [5, 5.41) is 8.74. The normalized spacial score (nSPS) is 11.5. The average molecular weight is 307 g/mol. The van der Waals surface area contributed by atoms with Crippen LogP contribution in [0.5, 0.6) is 0 Å². The van der Waals surface area contributed by atoms with Crippen LogP contribution in [0.4, 0.5) is 13.2 Å². The number of halogens is 3. The molecule has 1 N–H and O–H groups in total. The summed E-state index contributed by atoms with van der Waals surface area (Å²) in [5.74, 6) is -2.41. The second kappa shape index (κ2) is 5.13. The highest BCUT2D eigenvalue weighted by Gasteiger charge is 2.36. The molecule has 0 radical (unpaired) electrons. The van der Waals surface area contributed by atoms with Gasteiger partial charge in [0.2, 0.25) is 5.82 Å². The monoisotopic (exact) mass is 307 g/mol. The maximum Gasteiger partial charge on any atom is 0.452 e. The van der Waals surface area contributed by atoms with Gasteiger partial charge in [-0.2, -0.15) is 17.5 Å². The Kier molecular flexibility index (Phi) is 3.71. The van der Waals surface area contributed by atoms with Crippen LogP contribution in [0.25, 0.3) is 0 Å². The molecular weight excluding hydrogens is 303 g/mol. The van der Waals surface area contributed by atoms with Gasteiger partial charge in [0.1, 0.15) is 5.69 Å². The van der Waals surface area contributed by atoms with Crippen molar-refractivity contribution < 1.29 is 23.1 Å². The second-order valence-electron chi connectivity index (χ2n) is 3.17. The number of nitrogens with zero attached hydrogens (tertiary/aromatic N) is 3. The Morgan fingerprint density at radius 3 is 2.74 bits per heavy atom. The third kappa shape index (κ3) is 3.41. The number of pyridine rings is 1. The van der Waals surface area contributed by atoms with Gasteiger partial charge in [-0.05, 0) is 23.7 Å². The first-order chi connectivity index (χ1) is 8.86. The SMILES string of the molecule is O=C(O)c1cc(Sc2nc(C(F)(F)F)ns2)ccn1. The van der Waals surface area contributed by atoms with E-state index in [9.17, 15) is 18.0 Å². The fourth-order valence-corrected chi connectivity index (χ4v) is 2.68. The molecule has 0 atom stereocenters. The van der Waals surface area contributed by atoms with Crippen molar-refractivity contribution in [3.8, 4) is 0 Å². The molecule has 0 aromatic carbocycles. The van der Waals surface area contributed by atoms with E-state index in [2.05, 4.69) is 14.3 Å². The van der Waals surface area contributed by atoms with E-state index < -0.39 is 18.0 Å². The van der Waals surface area contributed by atoms with Crippen LogP contribution in [0.15, 0.2) is 27.6 Å². The van der Waals surface area contributed by atoms with Gasteiger partial charge in [-0.25, -0.2) is 14.8 Å². The molecule has 5 nitrogen and oxygen atoms in total. The van der Waals surface area contributed by atoms with Crippen molar-refractivity contribution >= 4 is 29.3 Å². The lowest BCUT2D eigenvalue weighted by molar-refractivity contribution is -0.144. The quantitative estimate of drug-likeness (QED) is 0.939. The summed E-state index contributed by atoms with van der Waals surface area (Å²) in [4.78, 5) is 18.1. The minimum atomic E-state index is -4.58. The van der Waals surface area contributed by atoms with E-state index in [-0.39, 0.29) is 10.0 Å². The third-order valence-electron chi connectivity index (χ3n) is 1.82. The highest BCUT2D eigenvalue weighted by atomic mass is 32.2. The third-order valence-corrected chi connectivity index (χ3v) is 3.56. The fraction of sp³-hybridized carbons (Fsp3) is 0.111. The molecule has 0 saturated heterocycles. The van der Waals surface area contributed by atoms with Gasteiger partial charge in [-0.3, -0.25) is 0 Å². The number of alkyl halides is 3. The zero-order chi connectivity index (χ0) is 14.0. The smallest absolute Gasteiger partial charge is 0.452 e. The van der Waals surface area contributed by atoms with Gasteiger partial charge >= 0.3 is 12.1 Å². The molecular formula is C9H4F3N3O2S2. The summed E-state index contributed by atoms with van der Waals surface area (Å²) in [7, 11) is 0. The van der Waals surface area contributed by atoms with Crippen LogP contribution in [0.1, 0.15) is 16.3 Å². The first-order valence-electron chi connectivity index (χ1n) is 4.64. The summed E-state index contributed by atoms with van der Waals surface area (Å²) in [6, 6.07) is 2.73. The van der Waals surface area contributed by atoms with Gasteiger partial charge in [0.25, 0.3) is 0 Å². The highest BCUT2D eigenvalue weighted by Crippen LogP contribution is 2.33. The van der Waals surface area contributed by atoms with E-state index in [1.807, 2.05) is 0 Å². The molecule has 0 saturated carbocycles. The molecule has 0 bridgehead atoms. The number of aromatic carboxylic acids is 1. The first-order valence-corrected chi connectivity index (χ1v) is 6.23. The van der Waals surface area contributed by atoms with Gasteiger partial charge in [-0.15, -0.1) is 0 Å².